The standard InChI is InChI=1S/C11H12FN3O3S/c1-7-4-8(15-18-7)6-14-19(16,17)9-2-3-10(12)11(13)5-9/h2-5,14H,6,13H2,1H3. The van der Waals surface area contributed by atoms with Crippen LogP contribution in [0.5, 0.6) is 0 Å². The Kier molecular flexibility index (Phi) is 3.54. The van der Waals surface area contributed by atoms with Crippen LogP contribution in [-0.2, 0) is 16.6 Å². The van der Waals surface area contributed by atoms with E-state index >= 15 is 0 Å². The summed E-state index contributed by atoms with van der Waals surface area (Å²) >= 11 is 0. The summed E-state index contributed by atoms with van der Waals surface area (Å²) < 4.78 is 44.0. The molecule has 1 aromatic carbocycles. The summed E-state index contributed by atoms with van der Waals surface area (Å²) in [7, 11) is -3.77. The second-order valence-corrected chi connectivity index (χ2v) is 5.70. The molecule has 102 valence electrons. The largest absolute Gasteiger partial charge is 0.396 e. The Morgan fingerprint density at radius 2 is 2.16 bits per heavy atom. The maximum absolute atomic E-state index is 13.0. The Morgan fingerprint density at radius 1 is 1.42 bits per heavy atom. The Morgan fingerprint density at radius 3 is 2.74 bits per heavy atom. The second kappa shape index (κ2) is 4.98. The molecule has 2 rings (SSSR count). The molecule has 0 radical (unpaired) electrons. The molecule has 0 unspecified atom stereocenters. The molecule has 0 bridgehead atoms. The van der Waals surface area contributed by atoms with Crippen molar-refractivity contribution in [2.24, 2.45) is 0 Å². The van der Waals surface area contributed by atoms with E-state index in [1.165, 1.54) is 0 Å². The van der Waals surface area contributed by atoms with Crippen LogP contribution >= 0.6 is 0 Å². The fourth-order valence-corrected chi connectivity index (χ4v) is 2.48. The van der Waals surface area contributed by atoms with Crippen molar-refractivity contribution in [2.75, 3.05) is 5.73 Å². The van der Waals surface area contributed by atoms with Gasteiger partial charge in [0.1, 0.15) is 11.6 Å². The van der Waals surface area contributed by atoms with Gasteiger partial charge in [0.05, 0.1) is 22.8 Å². The number of hydrogen-bond acceptors (Lipinski definition) is 5. The van der Waals surface area contributed by atoms with Gasteiger partial charge in [0.25, 0.3) is 0 Å². The molecule has 6 nitrogen and oxygen atoms in total. The van der Waals surface area contributed by atoms with Gasteiger partial charge in [-0.05, 0) is 25.1 Å². The number of nitrogens with one attached hydrogen (secondary N) is 1. The molecular weight excluding hydrogens is 273 g/mol. The predicted octanol–water partition coefficient (Wildman–Crippen LogP) is 1.18. The van der Waals surface area contributed by atoms with Gasteiger partial charge in [-0.25, -0.2) is 17.5 Å². The van der Waals surface area contributed by atoms with Crippen molar-refractivity contribution < 1.29 is 17.3 Å². The van der Waals surface area contributed by atoms with Crippen molar-refractivity contribution in [3.8, 4) is 0 Å². The molecular formula is C11H12FN3O3S. The van der Waals surface area contributed by atoms with Crippen LogP contribution in [-0.4, -0.2) is 13.6 Å². The van der Waals surface area contributed by atoms with Gasteiger partial charge < -0.3 is 10.3 Å². The Bertz CT molecular complexity index is 697. The third kappa shape index (κ3) is 3.09. The number of hydrogen-bond donors (Lipinski definition) is 2. The first-order valence-corrected chi connectivity index (χ1v) is 6.84. The first-order valence-electron chi connectivity index (χ1n) is 5.35. The third-order valence-electron chi connectivity index (χ3n) is 2.40. The molecule has 0 amide bonds. The maximum atomic E-state index is 13.0. The molecule has 0 spiro atoms. The van der Waals surface area contributed by atoms with Gasteiger partial charge in [-0.15, -0.1) is 0 Å². The molecule has 1 aromatic heterocycles. The van der Waals surface area contributed by atoms with Gasteiger partial charge in [-0.3, -0.25) is 0 Å². The minimum absolute atomic E-state index is 0.0169. The molecule has 3 N–H and O–H groups in total. The summed E-state index contributed by atoms with van der Waals surface area (Å²) in [5.74, 6) is -0.0775. The lowest BCUT2D eigenvalue weighted by molar-refractivity contribution is 0.390. The lowest BCUT2D eigenvalue weighted by Gasteiger charge is -2.06. The number of nitrogens with zero attached hydrogens (tertiary/aromatic N) is 1. The molecule has 8 heteroatoms. The van der Waals surface area contributed by atoms with E-state index in [4.69, 9.17) is 10.3 Å². The van der Waals surface area contributed by atoms with E-state index in [0.717, 1.165) is 18.2 Å². The molecule has 0 atom stereocenters. The zero-order valence-corrected chi connectivity index (χ0v) is 10.9. The molecule has 2 aromatic rings. The number of sulfonamides is 1. The second-order valence-electron chi connectivity index (χ2n) is 3.94. The molecule has 0 saturated carbocycles. The van der Waals surface area contributed by atoms with Crippen molar-refractivity contribution in [1.29, 1.82) is 0 Å². The quantitative estimate of drug-likeness (QED) is 0.822. The summed E-state index contributed by atoms with van der Waals surface area (Å²) in [6.45, 7) is 1.68. The molecule has 0 aliphatic rings. The van der Waals surface area contributed by atoms with E-state index in [0.29, 0.717) is 11.5 Å². The van der Waals surface area contributed by atoms with Crippen LogP contribution in [0.2, 0.25) is 0 Å². The van der Waals surface area contributed by atoms with Crippen LogP contribution < -0.4 is 10.5 Å². The van der Waals surface area contributed by atoms with Crippen LogP contribution in [0.15, 0.2) is 33.7 Å². The van der Waals surface area contributed by atoms with Gasteiger partial charge in [0.15, 0.2) is 0 Å². The normalized spacial score (nSPS) is 11.7. The summed E-state index contributed by atoms with van der Waals surface area (Å²) in [5, 5.41) is 3.66. The van der Waals surface area contributed by atoms with Crippen LogP contribution in [0.25, 0.3) is 0 Å². The molecule has 0 aliphatic carbocycles. The van der Waals surface area contributed by atoms with Gasteiger partial charge in [-0.2, -0.15) is 0 Å². The SMILES string of the molecule is Cc1cc(CNS(=O)(=O)c2ccc(F)c(N)c2)no1. The van der Waals surface area contributed by atoms with Crippen molar-refractivity contribution in [3.63, 3.8) is 0 Å². The summed E-state index contributed by atoms with van der Waals surface area (Å²) in [6.07, 6.45) is 0. The molecule has 19 heavy (non-hydrogen) atoms. The maximum Gasteiger partial charge on any atom is 0.241 e. The van der Waals surface area contributed by atoms with E-state index in [-0.39, 0.29) is 17.1 Å². The van der Waals surface area contributed by atoms with E-state index in [9.17, 15) is 12.8 Å². The van der Waals surface area contributed by atoms with E-state index in [2.05, 4.69) is 9.88 Å². The Hall–Kier alpha value is -1.93. The summed E-state index contributed by atoms with van der Waals surface area (Å²) in [5.41, 5.74) is 5.57. The summed E-state index contributed by atoms with van der Waals surface area (Å²) in [6, 6.07) is 4.82. The van der Waals surface area contributed by atoms with Crippen molar-refractivity contribution in [3.05, 3.63) is 41.5 Å². The van der Waals surface area contributed by atoms with E-state index < -0.39 is 15.8 Å². The van der Waals surface area contributed by atoms with Crippen molar-refractivity contribution >= 4 is 15.7 Å². The highest BCUT2D eigenvalue weighted by Gasteiger charge is 2.16. The van der Waals surface area contributed by atoms with Crippen LogP contribution in [0.4, 0.5) is 10.1 Å². The minimum Gasteiger partial charge on any atom is -0.396 e. The van der Waals surface area contributed by atoms with Crippen molar-refractivity contribution in [1.82, 2.24) is 9.88 Å². The van der Waals surface area contributed by atoms with Gasteiger partial charge in [-0.1, -0.05) is 5.16 Å². The number of nitrogen functional groups attached to an aromatic ring is 1. The fraction of sp³-hybridized carbons (Fsp3) is 0.182. The van der Waals surface area contributed by atoms with Crippen LogP contribution in [0.3, 0.4) is 0 Å². The van der Waals surface area contributed by atoms with Gasteiger partial charge in [0.2, 0.25) is 10.0 Å². The first-order chi connectivity index (χ1) is 8.88. The molecule has 0 saturated heterocycles. The smallest absolute Gasteiger partial charge is 0.241 e. The fourth-order valence-electron chi connectivity index (χ4n) is 1.44. The lowest BCUT2D eigenvalue weighted by atomic mass is 10.3. The highest BCUT2D eigenvalue weighted by Crippen LogP contribution is 2.16. The monoisotopic (exact) mass is 285 g/mol. The first kappa shape index (κ1) is 13.5. The number of halogens is 1. The van der Waals surface area contributed by atoms with E-state index in [1.807, 2.05) is 0 Å². The summed E-state index contributed by atoms with van der Waals surface area (Å²) in [4.78, 5) is -0.105. The van der Waals surface area contributed by atoms with Crippen LogP contribution in [0.1, 0.15) is 11.5 Å². The highest BCUT2D eigenvalue weighted by molar-refractivity contribution is 7.89. The van der Waals surface area contributed by atoms with Crippen LogP contribution in [0, 0.1) is 12.7 Å². The molecule has 0 aliphatic heterocycles. The predicted molar refractivity (Wildman–Crippen MR) is 66.1 cm³/mol. The average molecular weight is 285 g/mol. The molecule has 1 heterocycles. The number of rotatable bonds is 4. The minimum atomic E-state index is -3.77. The van der Waals surface area contributed by atoms with Gasteiger partial charge >= 0.3 is 0 Å². The Labute approximate surface area is 109 Å². The van der Waals surface area contributed by atoms with Crippen molar-refractivity contribution in [2.45, 2.75) is 18.4 Å². The third-order valence-corrected chi connectivity index (χ3v) is 3.80. The van der Waals surface area contributed by atoms with E-state index in [1.54, 1.807) is 13.0 Å². The number of nitrogens with two attached hydrogens (primary N) is 1. The van der Waals surface area contributed by atoms with Gasteiger partial charge in [0, 0.05) is 6.07 Å². The average Bonchev–Trinajstić information content (AvgIpc) is 2.76. The number of benzene rings is 1. The zero-order chi connectivity index (χ0) is 14.0. The molecule has 0 fully saturated rings. The number of aromatic nitrogens is 1. The lowest BCUT2D eigenvalue weighted by Crippen LogP contribution is -2.23. The highest BCUT2D eigenvalue weighted by atomic mass is 32.2. The Balaban J connectivity index is 2.16. The number of aryl methyl sites for hydroxylation is 1. The number of anilines is 1. The topological polar surface area (TPSA) is 98.2 Å². The zero-order valence-electron chi connectivity index (χ0n) is 10.1.